The van der Waals surface area contributed by atoms with Gasteiger partial charge < -0.3 is 5.73 Å². The molecule has 0 bridgehead atoms. The zero-order valence-corrected chi connectivity index (χ0v) is 8.48. The van der Waals surface area contributed by atoms with Crippen LogP contribution in [-0.4, -0.2) is 5.91 Å². The topological polar surface area (TPSA) is 43.1 Å². The maximum absolute atomic E-state index is 10.7. The molecule has 0 saturated carbocycles. The number of carbonyl (C=O) groups excluding carboxylic acids is 1. The maximum Gasteiger partial charge on any atom is 0.244 e. The first kappa shape index (κ1) is 11.2. The molecule has 0 aliphatic heterocycles. The molecule has 0 saturated heterocycles. The van der Waals surface area contributed by atoms with Crippen LogP contribution in [0.15, 0.2) is 11.6 Å². The van der Waals surface area contributed by atoms with Gasteiger partial charge in [0.1, 0.15) is 0 Å². The summed E-state index contributed by atoms with van der Waals surface area (Å²) in [5, 5.41) is 0. The van der Waals surface area contributed by atoms with Crippen molar-refractivity contribution in [1.29, 1.82) is 0 Å². The third-order valence-electron chi connectivity index (χ3n) is 1.89. The monoisotopic (exact) mass is 169 g/mol. The van der Waals surface area contributed by atoms with Crippen molar-refractivity contribution in [1.82, 2.24) is 0 Å². The van der Waals surface area contributed by atoms with Gasteiger partial charge in [-0.3, -0.25) is 4.79 Å². The maximum atomic E-state index is 10.7. The van der Waals surface area contributed by atoms with Crippen LogP contribution in [0.3, 0.4) is 0 Å². The number of amides is 1. The molecule has 0 fully saturated rings. The molecule has 0 aromatic carbocycles. The van der Waals surface area contributed by atoms with E-state index in [1.54, 1.807) is 6.92 Å². The van der Waals surface area contributed by atoms with E-state index in [1.165, 1.54) is 0 Å². The van der Waals surface area contributed by atoms with Gasteiger partial charge in [-0.1, -0.05) is 33.3 Å². The van der Waals surface area contributed by atoms with Crippen LogP contribution in [0.5, 0.6) is 0 Å². The molecule has 2 nitrogen and oxygen atoms in total. The number of rotatable bonds is 4. The Hall–Kier alpha value is -0.790. The number of carbonyl (C=O) groups is 1. The van der Waals surface area contributed by atoms with E-state index in [9.17, 15) is 4.79 Å². The number of nitrogens with two attached hydrogens (primary N) is 1. The predicted molar refractivity (Wildman–Crippen MR) is 51.6 cm³/mol. The summed E-state index contributed by atoms with van der Waals surface area (Å²) in [5.74, 6) is -0.320. The molecule has 0 unspecified atom stereocenters. The lowest BCUT2D eigenvalue weighted by atomic mass is 9.86. The normalized spacial score (nSPS) is 13.2. The Morgan fingerprint density at radius 1 is 1.50 bits per heavy atom. The standard InChI is InChI=1S/C10H19NO/c1-5-6-10(3,4)7-8(2)9(11)12/h7H,5-6H2,1-4H3,(H2,11,12). The third-order valence-corrected chi connectivity index (χ3v) is 1.89. The molecule has 1 amide bonds. The highest BCUT2D eigenvalue weighted by Gasteiger charge is 2.14. The SMILES string of the molecule is CCCC(C)(C)C=C(C)C(N)=O. The largest absolute Gasteiger partial charge is 0.366 e. The Morgan fingerprint density at radius 2 is 2.00 bits per heavy atom. The molecule has 0 aliphatic carbocycles. The smallest absolute Gasteiger partial charge is 0.244 e. The zero-order chi connectivity index (χ0) is 9.78. The molecule has 12 heavy (non-hydrogen) atoms. The van der Waals surface area contributed by atoms with E-state index in [4.69, 9.17) is 5.73 Å². The first-order chi connectivity index (χ1) is 5.39. The minimum absolute atomic E-state index is 0.0911. The second-order valence-electron chi connectivity index (χ2n) is 3.93. The van der Waals surface area contributed by atoms with Crippen molar-refractivity contribution in [2.75, 3.05) is 0 Å². The number of hydrogen-bond donors (Lipinski definition) is 1. The van der Waals surface area contributed by atoms with Crippen LogP contribution in [0.25, 0.3) is 0 Å². The summed E-state index contributed by atoms with van der Waals surface area (Å²) in [6.45, 7) is 8.13. The minimum Gasteiger partial charge on any atom is -0.366 e. The van der Waals surface area contributed by atoms with Crippen LogP contribution >= 0.6 is 0 Å². The average Bonchev–Trinajstić information content (AvgIpc) is 1.85. The third kappa shape index (κ3) is 4.16. The van der Waals surface area contributed by atoms with E-state index in [0.717, 1.165) is 12.8 Å². The molecule has 0 atom stereocenters. The summed E-state index contributed by atoms with van der Waals surface area (Å²) in [6, 6.07) is 0. The lowest BCUT2D eigenvalue weighted by molar-refractivity contribution is -0.114. The van der Waals surface area contributed by atoms with Crippen molar-refractivity contribution < 1.29 is 4.79 Å². The summed E-state index contributed by atoms with van der Waals surface area (Å²) in [6.07, 6.45) is 4.16. The van der Waals surface area contributed by atoms with Gasteiger partial charge in [-0.25, -0.2) is 0 Å². The lowest BCUT2D eigenvalue weighted by Crippen LogP contribution is -2.16. The van der Waals surface area contributed by atoms with Gasteiger partial charge in [0.25, 0.3) is 0 Å². The number of hydrogen-bond acceptors (Lipinski definition) is 1. The lowest BCUT2D eigenvalue weighted by Gasteiger charge is -2.19. The fourth-order valence-electron chi connectivity index (χ4n) is 1.37. The summed E-state index contributed by atoms with van der Waals surface area (Å²) in [4.78, 5) is 10.7. The van der Waals surface area contributed by atoms with Gasteiger partial charge in [0, 0.05) is 5.57 Å². The van der Waals surface area contributed by atoms with Crippen molar-refractivity contribution in [3.8, 4) is 0 Å². The van der Waals surface area contributed by atoms with Crippen molar-refractivity contribution in [3.05, 3.63) is 11.6 Å². The molecule has 2 N–H and O–H groups in total. The van der Waals surface area contributed by atoms with Crippen LogP contribution in [0, 0.1) is 5.41 Å². The molecule has 0 aromatic rings. The average molecular weight is 169 g/mol. The van der Waals surface area contributed by atoms with Crippen LogP contribution in [0.2, 0.25) is 0 Å². The van der Waals surface area contributed by atoms with E-state index in [1.807, 2.05) is 6.08 Å². The van der Waals surface area contributed by atoms with Crippen LogP contribution in [0.1, 0.15) is 40.5 Å². The van der Waals surface area contributed by atoms with Gasteiger partial charge in [0.05, 0.1) is 0 Å². The summed E-state index contributed by atoms with van der Waals surface area (Å²) >= 11 is 0. The number of allylic oxidation sites excluding steroid dienone is 1. The molecule has 70 valence electrons. The molecule has 0 aromatic heterocycles. The van der Waals surface area contributed by atoms with Crippen molar-refractivity contribution in [2.24, 2.45) is 11.1 Å². The Bertz CT molecular complexity index is 192. The zero-order valence-electron chi connectivity index (χ0n) is 8.48. The van der Waals surface area contributed by atoms with E-state index in [-0.39, 0.29) is 11.3 Å². The summed E-state index contributed by atoms with van der Waals surface area (Å²) < 4.78 is 0. The van der Waals surface area contributed by atoms with Crippen molar-refractivity contribution in [3.63, 3.8) is 0 Å². The Labute approximate surface area is 74.8 Å². The fourth-order valence-corrected chi connectivity index (χ4v) is 1.37. The van der Waals surface area contributed by atoms with Crippen molar-refractivity contribution in [2.45, 2.75) is 40.5 Å². The molecule has 2 heteroatoms. The Balaban J connectivity index is 4.38. The predicted octanol–water partition coefficient (Wildman–Crippen LogP) is 2.24. The van der Waals surface area contributed by atoms with Crippen LogP contribution in [0.4, 0.5) is 0 Å². The fraction of sp³-hybridized carbons (Fsp3) is 0.700. The van der Waals surface area contributed by atoms with Gasteiger partial charge >= 0.3 is 0 Å². The van der Waals surface area contributed by atoms with Gasteiger partial charge in [0.2, 0.25) is 5.91 Å². The Morgan fingerprint density at radius 3 is 2.33 bits per heavy atom. The summed E-state index contributed by atoms with van der Waals surface area (Å²) in [7, 11) is 0. The van der Waals surface area contributed by atoms with Crippen LogP contribution < -0.4 is 5.73 Å². The molecule has 0 spiro atoms. The van der Waals surface area contributed by atoms with Gasteiger partial charge in [-0.05, 0) is 18.8 Å². The number of primary amides is 1. The van der Waals surface area contributed by atoms with E-state index in [0.29, 0.717) is 5.57 Å². The quantitative estimate of drug-likeness (QED) is 0.644. The molecular formula is C10H19NO. The van der Waals surface area contributed by atoms with E-state index in [2.05, 4.69) is 20.8 Å². The first-order valence-corrected chi connectivity index (χ1v) is 4.38. The molecule has 0 radical (unpaired) electrons. The second kappa shape index (κ2) is 4.29. The van der Waals surface area contributed by atoms with Gasteiger partial charge in [-0.2, -0.15) is 0 Å². The second-order valence-corrected chi connectivity index (χ2v) is 3.93. The van der Waals surface area contributed by atoms with Gasteiger partial charge in [0.15, 0.2) is 0 Å². The highest BCUT2D eigenvalue weighted by molar-refractivity contribution is 5.91. The van der Waals surface area contributed by atoms with Crippen molar-refractivity contribution >= 4 is 5.91 Å². The summed E-state index contributed by atoms with van der Waals surface area (Å²) in [5.41, 5.74) is 5.88. The molecular weight excluding hydrogens is 150 g/mol. The molecule has 0 aliphatic rings. The highest BCUT2D eigenvalue weighted by Crippen LogP contribution is 2.25. The van der Waals surface area contributed by atoms with E-state index >= 15 is 0 Å². The minimum atomic E-state index is -0.320. The van der Waals surface area contributed by atoms with E-state index < -0.39 is 0 Å². The Kier molecular flexibility index (Phi) is 4.01. The van der Waals surface area contributed by atoms with Crippen LogP contribution in [-0.2, 0) is 4.79 Å². The molecule has 0 rings (SSSR count). The highest BCUT2D eigenvalue weighted by atomic mass is 16.1. The van der Waals surface area contributed by atoms with Gasteiger partial charge in [-0.15, -0.1) is 0 Å². The molecule has 0 heterocycles. The first-order valence-electron chi connectivity index (χ1n) is 4.38.